The van der Waals surface area contributed by atoms with Gasteiger partial charge in [0.2, 0.25) is 10.0 Å². The topological polar surface area (TPSA) is 115 Å². The summed E-state index contributed by atoms with van der Waals surface area (Å²) in [5, 5.41) is 13.7. The van der Waals surface area contributed by atoms with Gasteiger partial charge in [-0.25, -0.2) is 22.9 Å². The van der Waals surface area contributed by atoms with E-state index in [0.29, 0.717) is 43.7 Å². The van der Waals surface area contributed by atoms with Gasteiger partial charge in [0.05, 0.1) is 22.6 Å². The molecule has 0 atom stereocenters. The van der Waals surface area contributed by atoms with Crippen LogP contribution in [0.15, 0.2) is 35.5 Å². The number of amides is 2. The van der Waals surface area contributed by atoms with Gasteiger partial charge in [-0.1, -0.05) is 6.07 Å². The van der Waals surface area contributed by atoms with Gasteiger partial charge in [-0.2, -0.15) is 14.7 Å². The summed E-state index contributed by atoms with van der Waals surface area (Å²) in [6, 6.07) is 8.58. The van der Waals surface area contributed by atoms with Crippen molar-refractivity contribution in [2.75, 3.05) is 39.3 Å². The molecule has 3 saturated heterocycles. The second-order valence-corrected chi connectivity index (χ2v) is 13.3. The number of carbonyl (C=O) groups excluding carboxylic acids is 1. The van der Waals surface area contributed by atoms with E-state index in [0.717, 1.165) is 31.8 Å². The predicted octanol–water partition coefficient (Wildman–Crippen LogP) is 1.79. The number of nitrogens with zero attached hydrogens (tertiary/aromatic N) is 7. The Kier molecular flexibility index (Phi) is 4.29. The number of aromatic nitrogens is 3. The first-order valence-corrected chi connectivity index (χ1v) is 13.7. The SMILES string of the molecule is N#Cc1cccc(S(=O)(=O)N2CC3(CN(C(=O)N4CC5(CC(n6cnc(C7CC7)n6)C5)C4)C3)C2)c1. The number of nitriles is 1. The van der Waals surface area contributed by atoms with Crippen LogP contribution in [0.5, 0.6) is 0 Å². The van der Waals surface area contributed by atoms with Gasteiger partial charge >= 0.3 is 6.03 Å². The van der Waals surface area contributed by atoms with Crippen molar-refractivity contribution in [2.24, 2.45) is 10.8 Å². The molecular weight excluding hydrogens is 466 g/mol. The maximum Gasteiger partial charge on any atom is 0.320 e. The van der Waals surface area contributed by atoms with Crippen LogP contribution in [-0.4, -0.2) is 82.6 Å². The zero-order valence-corrected chi connectivity index (χ0v) is 20.2. The van der Waals surface area contributed by atoms with Crippen LogP contribution < -0.4 is 0 Å². The molecule has 35 heavy (non-hydrogen) atoms. The number of sulfonamides is 1. The van der Waals surface area contributed by atoms with Gasteiger partial charge < -0.3 is 9.80 Å². The second kappa shape index (κ2) is 7.04. The van der Waals surface area contributed by atoms with Gasteiger partial charge in [-0.15, -0.1) is 0 Å². The molecule has 2 spiro atoms. The van der Waals surface area contributed by atoms with E-state index in [4.69, 9.17) is 5.26 Å². The molecule has 2 aromatic rings. The van der Waals surface area contributed by atoms with E-state index in [-0.39, 0.29) is 21.8 Å². The molecular formula is C24H27N7O3S. The first kappa shape index (κ1) is 21.3. The van der Waals surface area contributed by atoms with Gasteiger partial charge in [0.15, 0.2) is 5.82 Å². The first-order chi connectivity index (χ1) is 16.8. The minimum absolute atomic E-state index is 0.0736. The molecule has 1 aromatic heterocycles. The number of benzene rings is 1. The highest BCUT2D eigenvalue weighted by Crippen LogP contribution is 2.54. The van der Waals surface area contributed by atoms with Gasteiger partial charge in [-0.05, 0) is 43.9 Å². The molecule has 0 bridgehead atoms. The lowest BCUT2D eigenvalue weighted by molar-refractivity contribution is -0.101. The van der Waals surface area contributed by atoms with E-state index in [1.54, 1.807) is 12.1 Å². The summed E-state index contributed by atoms with van der Waals surface area (Å²) >= 11 is 0. The van der Waals surface area contributed by atoms with Crippen LogP contribution >= 0.6 is 0 Å². The number of urea groups is 1. The number of carbonyl (C=O) groups is 1. The van der Waals surface area contributed by atoms with Crippen molar-refractivity contribution in [1.82, 2.24) is 28.9 Å². The summed E-state index contributed by atoms with van der Waals surface area (Å²) < 4.78 is 29.2. The molecule has 7 rings (SSSR count). The Morgan fingerprint density at radius 3 is 2.37 bits per heavy atom. The first-order valence-electron chi connectivity index (χ1n) is 12.2. The summed E-state index contributed by atoms with van der Waals surface area (Å²) in [5.41, 5.74) is 0.427. The van der Waals surface area contributed by atoms with Crippen molar-refractivity contribution in [2.45, 2.75) is 42.5 Å². The van der Waals surface area contributed by atoms with E-state index < -0.39 is 10.0 Å². The fraction of sp³-hybridized carbons (Fsp3) is 0.583. The molecule has 2 aliphatic carbocycles. The standard InChI is InChI=1S/C24H27N7O3S/c25-9-17-2-1-3-20(6-17)35(33,34)30-14-24(15-30)12-29(13-24)22(32)28-10-23(11-28)7-19(8-23)31-16-26-21(27-31)18-4-5-18/h1-3,6,16,18-19H,4-5,7-8,10-15H2. The highest BCUT2D eigenvalue weighted by molar-refractivity contribution is 7.89. The number of rotatable bonds is 4. The van der Waals surface area contributed by atoms with E-state index in [9.17, 15) is 13.2 Å². The van der Waals surface area contributed by atoms with E-state index in [2.05, 4.69) is 10.1 Å². The van der Waals surface area contributed by atoms with Crippen LogP contribution in [0.2, 0.25) is 0 Å². The van der Waals surface area contributed by atoms with Crippen LogP contribution in [0, 0.1) is 22.2 Å². The van der Waals surface area contributed by atoms with Crippen LogP contribution in [-0.2, 0) is 10.0 Å². The molecule has 2 amide bonds. The maximum absolute atomic E-state index is 12.9. The summed E-state index contributed by atoms with van der Waals surface area (Å²) in [6.45, 7) is 3.64. The Morgan fingerprint density at radius 1 is 1.03 bits per heavy atom. The number of likely N-dealkylation sites (tertiary alicyclic amines) is 2. The van der Waals surface area contributed by atoms with Crippen molar-refractivity contribution >= 4 is 16.1 Å². The highest BCUT2D eigenvalue weighted by Gasteiger charge is 2.60. The monoisotopic (exact) mass is 493 g/mol. The molecule has 5 fully saturated rings. The summed E-state index contributed by atoms with van der Waals surface area (Å²) in [5.74, 6) is 1.56. The second-order valence-electron chi connectivity index (χ2n) is 11.3. The fourth-order valence-electron chi connectivity index (χ4n) is 6.32. The number of hydrogen-bond donors (Lipinski definition) is 0. The van der Waals surface area contributed by atoms with Crippen molar-refractivity contribution in [3.05, 3.63) is 42.0 Å². The molecule has 3 aliphatic heterocycles. The van der Waals surface area contributed by atoms with Crippen LogP contribution in [0.4, 0.5) is 4.79 Å². The molecule has 5 aliphatic rings. The molecule has 1 aromatic carbocycles. The highest BCUT2D eigenvalue weighted by atomic mass is 32.2. The maximum atomic E-state index is 12.9. The van der Waals surface area contributed by atoms with E-state index >= 15 is 0 Å². The average Bonchev–Trinajstić information content (AvgIpc) is 3.47. The fourth-order valence-corrected chi connectivity index (χ4v) is 8.03. The minimum atomic E-state index is -3.61. The molecule has 10 nitrogen and oxygen atoms in total. The molecule has 11 heteroatoms. The van der Waals surface area contributed by atoms with Gasteiger partial charge in [0.1, 0.15) is 6.33 Å². The Labute approximate surface area is 204 Å². The quantitative estimate of drug-likeness (QED) is 0.641. The van der Waals surface area contributed by atoms with Crippen LogP contribution in [0.25, 0.3) is 0 Å². The average molecular weight is 494 g/mol. The van der Waals surface area contributed by atoms with Crippen LogP contribution in [0.1, 0.15) is 49.0 Å². The smallest absolute Gasteiger partial charge is 0.320 e. The number of hydrogen-bond acceptors (Lipinski definition) is 6. The molecule has 0 unspecified atom stereocenters. The lowest BCUT2D eigenvalue weighted by atomic mass is 9.60. The molecule has 4 heterocycles. The Balaban J connectivity index is 0.888. The summed E-state index contributed by atoms with van der Waals surface area (Å²) in [7, 11) is -3.61. The summed E-state index contributed by atoms with van der Waals surface area (Å²) in [6.07, 6.45) is 6.38. The van der Waals surface area contributed by atoms with Crippen molar-refractivity contribution in [1.29, 1.82) is 5.26 Å². The lowest BCUT2D eigenvalue weighted by Gasteiger charge is -2.63. The minimum Gasteiger partial charge on any atom is -0.323 e. The Hall–Kier alpha value is -2.97. The zero-order valence-electron chi connectivity index (χ0n) is 19.4. The van der Waals surface area contributed by atoms with Crippen molar-refractivity contribution in [3.63, 3.8) is 0 Å². The Bertz CT molecular complexity index is 1350. The largest absolute Gasteiger partial charge is 0.323 e. The van der Waals surface area contributed by atoms with Crippen molar-refractivity contribution in [3.8, 4) is 6.07 Å². The normalized spacial score (nSPS) is 24.9. The predicted molar refractivity (Wildman–Crippen MR) is 124 cm³/mol. The third kappa shape index (κ3) is 3.30. The van der Waals surface area contributed by atoms with Crippen LogP contribution in [0.3, 0.4) is 0 Å². The molecule has 2 saturated carbocycles. The van der Waals surface area contributed by atoms with Crippen molar-refractivity contribution < 1.29 is 13.2 Å². The van der Waals surface area contributed by atoms with Gasteiger partial charge in [-0.3, -0.25) is 0 Å². The lowest BCUT2D eigenvalue weighted by Crippen LogP contribution is -2.76. The summed E-state index contributed by atoms with van der Waals surface area (Å²) in [4.78, 5) is 21.3. The molecule has 0 N–H and O–H groups in total. The third-order valence-corrected chi connectivity index (χ3v) is 10.2. The third-order valence-electron chi connectivity index (χ3n) is 8.45. The molecule has 0 radical (unpaired) electrons. The van der Waals surface area contributed by atoms with E-state index in [1.165, 1.54) is 29.3 Å². The van der Waals surface area contributed by atoms with E-state index in [1.807, 2.05) is 26.9 Å². The Morgan fingerprint density at radius 2 is 1.71 bits per heavy atom. The van der Waals surface area contributed by atoms with Gasteiger partial charge in [0.25, 0.3) is 0 Å². The molecule has 182 valence electrons. The van der Waals surface area contributed by atoms with Gasteiger partial charge in [0, 0.05) is 56.0 Å². The zero-order chi connectivity index (χ0) is 24.0.